The second kappa shape index (κ2) is 7.05. The van der Waals surface area contributed by atoms with Crippen molar-refractivity contribution in [3.63, 3.8) is 0 Å². The van der Waals surface area contributed by atoms with Gasteiger partial charge in [-0.25, -0.2) is 0 Å². The molecule has 0 fully saturated rings. The van der Waals surface area contributed by atoms with Crippen molar-refractivity contribution in [2.24, 2.45) is 0 Å². The van der Waals surface area contributed by atoms with Gasteiger partial charge in [-0.15, -0.1) is 0 Å². The molecule has 0 bridgehead atoms. The van der Waals surface area contributed by atoms with Gasteiger partial charge in [0.2, 0.25) is 17.6 Å². The van der Waals surface area contributed by atoms with Gasteiger partial charge in [-0.2, -0.15) is 4.98 Å². The van der Waals surface area contributed by atoms with E-state index >= 15 is 0 Å². The second-order valence-corrected chi connectivity index (χ2v) is 4.81. The van der Waals surface area contributed by atoms with E-state index in [-0.39, 0.29) is 5.91 Å². The summed E-state index contributed by atoms with van der Waals surface area (Å²) in [6.45, 7) is 2.70. The lowest BCUT2D eigenvalue weighted by atomic mass is 10.2. The highest BCUT2D eigenvalue weighted by Gasteiger charge is 2.10. The number of rotatable bonds is 6. The van der Waals surface area contributed by atoms with Crippen LogP contribution in [0.1, 0.15) is 25.7 Å². The van der Waals surface area contributed by atoms with E-state index in [1.165, 1.54) is 0 Å². The summed E-state index contributed by atoms with van der Waals surface area (Å²) >= 11 is 5.82. The highest BCUT2D eigenvalue weighted by atomic mass is 35.5. The monoisotopic (exact) mass is 293 g/mol. The Balaban J connectivity index is 1.92. The molecule has 20 heavy (non-hydrogen) atoms. The fraction of sp³-hybridized carbons (Fsp3) is 0.357. The van der Waals surface area contributed by atoms with E-state index in [1.807, 2.05) is 19.1 Å². The molecule has 1 aromatic heterocycles. The van der Waals surface area contributed by atoms with Gasteiger partial charge in [-0.1, -0.05) is 23.7 Å². The number of halogens is 1. The van der Waals surface area contributed by atoms with Crippen molar-refractivity contribution in [1.82, 2.24) is 15.5 Å². The fourth-order valence-corrected chi connectivity index (χ4v) is 1.77. The highest BCUT2D eigenvalue weighted by Crippen LogP contribution is 2.18. The third-order valence-electron chi connectivity index (χ3n) is 2.71. The molecule has 0 aliphatic rings. The van der Waals surface area contributed by atoms with Crippen LogP contribution in [0.15, 0.2) is 28.8 Å². The van der Waals surface area contributed by atoms with E-state index in [0.717, 1.165) is 12.0 Å². The third kappa shape index (κ3) is 4.06. The summed E-state index contributed by atoms with van der Waals surface area (Å²) in [5, 5.41) is 7.36. The zero-order chi connectivity index (χ0) is 14.4. The van der Waals surface area contributed by atoms with E-state index in [9.17, 15) is 4.79 Å². The molecule has 2 aromatic rings. The quantitative estimate of drug-likeness (QED) is 0.889. The molecule has 0 radical (unpaired) electrons. The standard InChI is InChI=1S/C14H16ClN3O2/c1-2-9-16-12(19)7-8-13-17-14(18-20-13)10-3-5-11(15)6-4-10/h3-6H,2,7-9H2,1H3,(H,16,19). The highest BCUT2D eigenvalue weighted by molar-refractivity contribution is 6.30. The molecule has 0 atom stereocenters. The van der Waals surface area contributed by atoms with Gasteiger partial charge in [0.25, 0.3) is 0 Å². The van der Waals surface area contributed by atoms with Crippen LogP contribution in [0, 0.1) is 0 Å². The van der Waals surface area contributed by atoms with E-state index in [2.05, 4.69) is 15.5 Å². The van der Waals surface area contributed by atoms with Crippen molar-refractivity contribution in [3.05, 3.63) is 35.2 Å². The summed E-state index contributed by atoms with van der Waals surface area (Å²) in [5.41, 5.74) is 0.833. The van der Waals surface area contributed by atoms with Crippen LogP contribution in [-0.2, 0) is 11.2 Å². The van der Waals surface area contributed by atoms with Crippen LogP contribution in [0.5, 0.6) is 0 Å². The van der Waals surface area contributed by atoms with Crippen molar-refractivity contribution in [2.45, 2.75) is 26.2 Å². The molecule has 1 amide bonds. The molecule has 0 unspecified atom stereocenters. The molecule has 0 saturated heterocycles. The number of hydrogen-bond donors (Lipinski definition) is 1. The first-order chi connectivity index (χ1) is 9.69. The Bertz CT molecular complexity index is 566. The molecule has 0 spiro atoms. The average molecular weight is 294 g/mol. The van der Waals surface area contributed by atoms with Crippen LogP contribution in [-0.4, -0.2) is 22.6 Å². The second-order valence-electron chi connectivity index (χ2n) is 4.37. The first-order valence-electron chi connectivity index (χ1n) is 6.54. The summed E-state index contributed by atoms with van der Waals surface area (Å²) in [6, 6.07) is 7.19. The molecule has 1 aromatic carbocycles. The molecule has 6 heteroatoms. The van der Waals surface area contributed by atoms with Crippen molar-refractivity contribution in [2.75, 3.05) is 6.54 Å². The minimum atomic E-state index is -0.00177. The maximum absolute atomic E-state index is 11.5. The van der Waals surface area contributed by atoms with Gasteiger partial charge >= 0.3 is 0 Å². The largest absolute Gasteiger partial charge is 0.356 e. The fourth-order valence-electron chi connectivity index (χ4n) is 1.65. The number of nitrogens with zero attached hydrogens (tertiary/aromatic N) is 2. The molecule has 1 heterocycles. The van der Waals surface area contributed by atoms with Crippen molar-refractivity contribution >= 4 is 17.5 Å². The number of carbonyl (C=O) groups excluding carboxylic acids is 1. The summed E-state index contributed by atoms with van der Waals surface area (Å²) in [4.78, 5) is 15.7. The first-order valence-corrected chi connectivity index (χ1v) is 6.92. The Morgan fingerprint density at radius 2 is 2.10 bits per heavy atom. The maximum atomic E-state index is 11.5. The van der Waals surface area contributed by atoms with E-state index in [4.69, 9.17) is 16.1 Å². The minimum Gasteiger partial charge on any atom is -0.356 e. The van der Waals surface area contributed by atoms with E-state index in [0.29, 0.717) is 36.1 Å². The van der Waals surface area contributed by atoms with Gasteiger partial charge in [0.15, 0.2) is 0 Å². The Morgan fingerprint density at radius 3 is 2.80 bits per heavy atom. The lowest BCUT2D eigenvalue weighted by molar-refractivity contribution is -0.121. The molecule has 0 aliphatic carbocycles. The van der Waals surface area contributed by atoms with Gasteiger partial charge in [-0.05, 0) is 30.7 Å². The van der Waals surface area contributed by atoms with Gasteiger partial charge in [0, 0.05) is 30.0 Å². The Morgan fingerprint density at radius 1 is 1.35 bits per heavy atom. The summed E-state index contributed by atoms with van der Waals surface area (Å²) < 4.78 is 5.13. The third-order valence-corrected chi connectivity index (χ3v) is 2.96. The number of aromatic nitrogens is 2. The SMILES string of the molecule is CCCNC(=O)CCc1nc(-c2ccc(Cl)cc2)no1. The van der Waals surface area contributed by atoms with Crippen LogP contribution in [0.3, 0.4) is 0 Å². The van der Waals surface area contributed by atoms with Gasteiger partial charge < -0.3 is 9.84 Å². The topological polar surface area (TPSA) is 68.0 Å². The molecule has 1 N–H and O–H groups in total. The van der Waals surface area contributed by atoms with Crippen LogP contribution in [0.25, 0.3) is 11.4 Å². The molecule has 5 nitrogen and oxygen atoms in total. The van der Waals surface area contributed by atoms with Gasteiger partial charge in [-0.3, -0.25) is 4.79 Å². The van der Waals surface area contributed by atoms with Gasteiger partial charge in [0.1, 0.15) is 0 Å². The molecule has 2 rings (SSSR count). The van der Waals surface area contributed by atoms with E-state index in [1.54, 1.807) is 12.1 Å². The van der Waals surface area contributed by atoms with Crippen LogP contribution in [0.2, 0.25) is 5.02 Å². The molecule has 106 valence electrons. The van der Waals surface area contributed by atoms with Crippen molar-refractivity contribution in [1.29, 1.82) is 0 Å². The summed E-state index contributed by atoms with van der Waals surface area (Å²) in [6.07, 6.45) is 1.71. The van der Waals surface area contributed by atoms with Gasteiger partial charge in [0.05, 0.1) is 0 Å². The van der Waals surface area contributed by atoms with Crippen LogP contribution >= 0.6 is 11.6 Å². The number of nitrogens with one attached hydrogen (secondary N) is 1. The number of aryl methyl sites for hydroxylation is 1. The maximum Gasteiger partial charge on any atom is 0.227 e. The lowest BCUT2D eigenvalue weighted by Crippen LogP contribution is -2.24. The smallest absolute Gasteiger partial charge is 0.227 e. The average Bonchev–Trinajstić information content (AvgIpc) is 2.92. The number of carbonyl (C=O) groups is 1. The Labute approximate surface area is 122 Å². The normalized spacial score (nSPS) is 10.5. The molecular weight excluding hydrogens is 278 g/mol. The molecule has 0 aliphatic heterocycles. The Hall–Kier alpha value is -1.88. The van der Waals surface area contributed by atoms with Crippen molar-refractivity contribution in [3.8, 4) is 11.4 Å². The van der Waals surface area contributed by atoms with E-state index < -0.39 is 0 Å². The number of benzene rings is 1. The lowest BCUT2D eigenvalue weighted by Gasteiger charge is -2.00. The predicted octanol–water partition coefficient (Wildman–Crippen LogP) is 2.85. The van der Waals surface area contributed by atoms with Crippen molar-refractivity contribution < 1.29 is 9.32 Å². The number of amides is 1. The van der Waals surface area contributed by atoms with Crippen LogP contribution in [0.4, 0.5) is 0 Å². The minimum absolute atomic E-state index is 0.00177. The predicted molar refractivity (Wildman–Crippen MR) is 76.4 cm³/mol. The summed E-state index contributed by atoms with van der Waals surface area (Å²) in [5.74, 6) is 0.963. The zero-order valence-electron chi connectivity index (χ0n) is 11.2. The molecule has 0 saturated carbocycles. The van der Waals surface area contributed by atoms with Crippen LogP contribution < -0.4 is 5.32 Å². The first kappa shape index (κ1) is 14.5. The molecular formula is C14H16ClN3O2. The summed E-state index contributed by atoms with van der Waals surface area (Å²) in [7, 11) is 0. The zero-order valence-corrected chi connectivity index (χ0v) is 12.0. The number of hydrogen-bond acceptors (Lipinski definition) is 4. The Kier molecular flexibility index (Phi) is 5.12.